The highest BCUT2D eigenvalue weighted by Crippen LogP contribution is 2.13. The Morgan fingerprint density at radius 1 is 1.50 bits per heavy atom. The Kier molecular flexibility index (Phi) is 3.77. The average Bonchev–Trinajstić information content (AvgIpc) is 2.18. The number of benzene rings is 1. The Morgan fingerprint density at radius 2 is 2.21 bits per heavy atom. The fraction of sp³-hybridized carbons (Fsp3) is 0.364. The maximum atomic E-state index is 12.8. The second kappa shape index (κ2) is 4.86. The van der Waals surface area contributed by atoms with Crippen LogP contribution in [0.15, 0.2) is 18.2 Å². The van der Waals surface area contributed by atoms with Crippen LogP contribution in [-0.2, 0) is 0 Å². The Labute approximate surface area is 82.4 Å². The molecule has 76 valence electrons. The molecule has 0 unspecified atom stereocenters. The molecular formula is C11H13FO2. The standard InChI is InChI=1S/C11H13FO2/c1-8-4-5-9(12)7-10(8)11(14)3-2-6-13/h4-5,7,13H,2-3,6H2,1H3. The van der Waals surface area contributed by atoms with Crippen molar-refractivity contribution in [1.29, 1.82) is 0 Å². The number of aliphatic hydroxyl groups is 1. The van der Waals surface area contributed by atoms with Gasteiger partial charge in [-0.15, -0.1) is 0 Å². The number of aliphatic hydroxyl groups excluding tert-OH is 1. The molecule has 1 aromatic carbocycles. The van der Waals surface area contributed by atoms with Gasteiger partial charge in [0.05, 0.1) is 0 Å². The average molecular weight is 196 g/mol. The number of rotatable bonds is 4. The zero-order chi connectivity index (χ0) is 10.6. The topological polar surface area (TPSA) is 37.3 Å². The second-order valence-corrected chi connectivity index (χ2v) is 3.21. The van der Waals surface area contributed by atoms with E-state index in [1.807, 2.05) is 0 Å². The monoisotopic (exact) mass is 196 g/mol. The first kappa shape index (κ1) is 10.9. The number of carbonyl (C=O) groups excluding carboxylic acids is 1. The number of aryl methyl sites for hydroxylation is 1. The van der Waals surface area contributed by atoms with Crippen LogP contribution in [0.1, 0.15) is 28.8 Å². The molecule has 0 aliphatic heterocycles. The number of hydrogen-bond acceptors (Lipinski definition) is 2. The van der Waals surface area contributed by atoms with Gasteiger partial charge in [0.15, 0.2) is 5.78 Å². The van der Waals surface area contributed by atoms with Crippen molar-refractivity contribution < 1.29 is 14.3 Å². The summed E-state index contributed by atoms with van der Waals surface area (Å²) >= 11 is 0. The molecule has 0 aliphatic rings. The largest absolute Gasteiger partial charge is 0.396 e. The molecule has 0 spiro atoms. The second-order valence-electron chi connectivity index (χ2n) is 3.21. The van der Waals surface area contributed by atoms with Crippen LogP contribution in [0.3, 0.4) is 0 Å². The van der Waals surface area contributed by atoms with Gasteiger partial charge < -0.3 is 5.11 Å². The molecule has 0 atom stereocenters. The Bertz CT molecular complexity index is 334. The molecule has 0 heterocycles. The molecule has 0 aromatic heterocycles. The molecule has 0 fully saturated rings. The molecule has 0 bridgehead atoms. The van der Waals surface area contributed by atoms with Crippen molar-refractivity contribution in [1.82, 2.24) is 0 Å². The van der Waals surface area contributed by atoms with Gasteiger partial charge in [-0.2, -0.15) is 0 Å². The quantitative estimate of drug-likeness (QED) is 0.749. The van der Waals surface area contributed by atoms with Gasteiger partial charge in [0.1, 0.15) is 5.82 Å². The number of ketones is 1. The molecule has 0 radical (unpaired) electrons. The third-order valence-electron chi connectivity index (χ3n) is 2.06. The number of hydrogen-bond donors (Lipinski definition) is 1. The predicted molar refractivity (Wildman–Crippen MR) is 51.8 cm³/mol. The predicted octanol–water partition coefficient (Wildman–Crippen LogP) is 2.09. The lowest BCUT2D eigenvalue weighted by Gasteiger charge is -2.03. The van der Waals surface area contributed by atoms with Gasteiger partial charge in [0.25, 0.3) is 0 Å². The van der Waals surface area contributed by atoms with Crippen molar-refractivity contribution >= 4 is 5.78 Å². The van der Waals surface area contributed by atoms with Gasteiger partial charge in [0.2, 0.25) is 0 Å². The van der Waals surface area contributed by atoms with E-state index in [2.05, 4.69) is 0 Å². The van der Waals surface area contributed by atoms with Crippen LogP contribution in [-0.4, -0.2) is 17.5 Å². The summed E-state index contributed by atoms with van der Waals surface area (Å²) in [6, 6.07) is 4.16. The van der Waals surface area contributed by atoms with Gasteiger partial charge in [-0.1, -0.05) is 6.07 Å². The molecule has 0 aliphatic carbocycles. The third kappa shape index (κ3) is 2.64. The van der Waals surface area contributed by atoms with Crippen LogP contribution in [0.4, 0.5) is 4.39 Å². The van der Waals surface area contributed by atoms with E-state index < -0.39 is 5.82 Å². The van der Waals surface area contributed by atoms with Gasteiger partial charge in [-0.25, -0.2) is 4.39 Å². The molecule has 0 amide bonds. The maximum Gasteiger partial charge on any atom is 0.163 e. The minimum absolute atomic E-state index is 0.0138. The Hall–Kier alpha value is -1.22. The minimum Gasteiger partial charge on any atom is -0.396 e. The molecule has 0 saturated heterocycles. The molecule has 0 saturated carbocycles. The summed E-state index contributed by atoms with van der Waals surface area (Å²) in [4.78, 5) is 11.5. The van der Waals surface area contributed by atoms with E-state index in [4.69, 9.17) is 5.11 Å². The summed E-state index contributed by atoms with van der Waals surface area (Å²) in [5, 5.41) is 8.56. The summed E-state index contributed by atoms with van der Waals surface area (Å²) in [6.07, 6.45) is 0.690. The van der Waals surface area contributed by atoms with Gasteiger partial charge in [-0.05, 0) is 31.0 Å². The lowest BCUT2D eigenvalue weighted by atomic mass is 10.0. The van der Waals surface area contributed by atoms with Crippen molar-refractivity contribution in [2.75, 3.05) is 6.61 Å². The van der Waals surface area contributed by atoms with Gasteiger partial charge >= 0.3 is 0 Å². The molecule has 1 aromatic rings. The number of halogens is 1. The molecule has 3 heteroatoms. The van der Waals surface area contributed by atoms with Crippen LogP contribution in [0.5, 0.6) is 0 Å². The van der Waals surface area contributed by atoms with Crippen molar-refractivity contribution in [3.63, 3.8) is 0 Å². The summed E-state index contributed by atoms with van der Waals surface area (Å²) < 4.78 is 12.8. The normalized spacial score (nSPS) is 10.2. The highest BCUT2D eigenvalue weighted by molar-refractivity contribution is 5.97. The third-order valence-corrected chi connectivity index (χ3v) is 2.06. The molecule has 1 N–H and O–H groups in total. The highest BCUT2D eigenvalue weighted by Gasteiger charge is 2.09. The smallest absolute Gasteiger partial charge is 0.163 e. The van der Waals surface area contributed by atoms with E-state index in [0.717, 1.165) is 5.56 Å². The zero-order valence-electron chi connectivity index (χ0n) is 8.09. The van der Waals surface area contributed by atoms with Crippen LogP contribution < -0.4 is 0 Å². The highest BCUT2D eigenvalue weighted by atomic mass is 19.1. The molecular weight excluding hydrogens is 183 g/mol. The van der Waals surface area contributed by atoms with E-state index >= 15 is 0 Å². The summed E-state index contributed by atoms with van der Waals surface area (Å²) in [5.41, 5.74) is 1.19. The van der Waals surface area contributed by atoms with Crippen LogP contribution >= 0.6 is 0 Å². The first-order valence-electron chi connectivity index (χ1n) is 4.55. The summed E-state index contributed by atoms with van der Waals surface area (Å²) in [7, 11) is 0. The van der Waals surface area contributed by atoms with Crippen molar-refractivity contribution in [3.05, 3.63) is 35.1 Å². The number of Topliss-reactive ketones (excluding diaryl/α,β-unsaturated/α-hetero) is 1. The van der Waals surface area contributed by atoms with E-state index in [9.17, 15) is 9.18 Å². The van der Waals surface area contributed by atoms with Crippen molar-refractivity contribution in [3.8, 4) is 0 Å². The van der Waals surface area contributed by atoms with Crippen LogP contribution in [0.2, 0.25) is 0 Å². The van der Waals surface area contributed by atoms with Crippen molar-refractivity contribution in [2.45, 2.75) is 19.8 Å². The lowest BCUT2D eigenvalue weighted by Crippen LogP contribution is -2.03. The van der Waals surface area contributed by atoms with Crippen molar-refractivity contribution in [2.24, 2.45) is 0 Å². The molecule has 14 heavy (non-hydrogen) atoms. The Morgan fingerprint density at radius 3 is 2.86 bits per heavy atom. The minimum atomic E-state index is -0.400. The fourth-order valence-electron chi connectivity index (χ4n) is 1.27. The maximum absolute atomic E-state index is 12.8. The first-order chi connectivity index (χ1) is 6.65. The van der Waals surface area contributed by atoms with E-state index in [1.54, 1.807) is 13.0 Å². The summed E-state index contributed by atoms with van der Waals surface area (Å²) in [6.45, 7) is 1.76. The first-order valence-corrected chi connectivity index (χ1v) is 4.55. The zero-order valence-corrected chi connectivity index (χ0v) is 8.09. The molecule has 2 nitrogen and oxygen atoms in total. The molecule has 1 rings (SSSR count). The lowest BCUT2D eigenvalue weighted by molar-refractivity contribution is 0.0970. The fourth-order valence-corrected chi connectivity index (χ4v) is 1.27. The van der Waals surface area contributed by atoms with Crippen LogP contribution in [0.25, 0.3) is 0 Å². The summed E-state index contributed by atoms with van der Waals surface area (Å²) in [5.74, 6) is -0.515. The van der Waals surface area contributed by atoms with E-state index in [1.165, 1.54) is 12.1 Å². The van der Waals surface area contributed by atoms with Gasteiger partial charge in [-0.3, -0.25) is 4.79 Å². The number of carbonyl (C=O) groups is 1. The van der Waals surface area contributed by atoms with Crippen LogP contribution in [0, 0.1) is 12.7 Å². The van der Waals surface area contributed by atoms with Gasteiger partial charge in [0, 0.05) is 18.6 Å². The van der Waals surface area contributed by atoms with E-state index in [0.29, 0.717) is 12.0 Å². The Balaban J connectivity index is 2.83. The van der Waals surface area contributed by atoms with E-state index in [-0.39, 0.29) is 18.8 Å². The SMILES string of the molecule is Cc1ccc(F)cc1C(=O)CCCO.